The SMILES string of the molecule is C.C.C.C#CC(O)(CCC)CCC.CCCC(O)(C#Cc1cccc(CC(O)CCC(=O)C(F)(F)F)c1)CCC.CCCC(O)(C#Cc1cccc(CC(O)CN)c1)CCC.O=C(CCC(O)Cc1cccc(Br)c1)C(F)(F)F.O=CO[O-].OC(CCl)Cc1cccc(Br)c1.[2H]CF.[H-].[K+].[K+].[N-]=[N+]=NCC(O)Cc1cccc(Br)c1.[N-]=[N+]=[N-].[Na+]. The van der Waals surface area contributed by atoms with Gasteiger partial charge in [0.15, 0.2) is 0 Å². The van der Waals surface area contributed by atoms with Gasteiger partial charge in [0, 0.05) is 54.7 Å². The van der Waals surface area contributed by atoms with E-state index in [1.54, 1.807) is 42.5 Å². The topological polar surface area (TPSA) is 379 Å². The second-order valence-electron chi connectivity index (χ2n) is 24.8. The van der Waals surface area contributed by atoms with Crippen LogP contribution in [0.4, 0.5) is 30.7 Å². The third-order valence-electron chi connectivity index (χ3n) is 14.9. The van der Waals surface area contributed by atoms with Gasteiger partial charge < -0.3 is 69.2 Å². The fourth-order valence-electron chi connectivity index (χ4n) is 9.95. The predicted octanol–water partition coefficient (Wildman–Crippen LogP) is 9.80. The second-order valence-corrected chi connectivity index (χ2v) is 27.9. The van der Waals surface area contributed by atoms with Crippen LogP contribution in [0.1, 0.15) is 208 Å². The first-order valence-corrected chi connectivity index (χ1v) is 38.2. The molecule has 5 aromatic carbocycles. The maximum atomic E-state index is 12.2. The second kappa shape index (κ2) is 81.7. The molecule has 0 aromatic heterocycles. The van der Waals surface area contributed by atoms with Gasteiger partial charge in [-0.1, -0.05) is 246 Å². The summed E-state index contributed by atoms with van der Waals surface area (Å²) in [6.07, 6.45) is 1.42. The molecule has 34 heteroatoms. The molecule has 5 rings (SSSR count). The van der Waals surface area contributed by atoms with Crippen LogP contribution in [0.5, 0.6) is 0 Å². The number of Topliss-reactive ketones (excluding diaryl/α,β-unsaturated/α-hetero) is 2. The number of hydrogen-bond acceptors (Lipinski definition) is 15. The number of benzene rings is 5. The van der Waals surface area contributed by atoms with Crippen molar-refractivity contribution in [3.8, 4) is 36.0 Å². The Balaban J connectivity index is -0.000000129. The molecule has 0 radical (unpaired) electrons. The first-order valence-electron chi connectivity index (χ1n) is 36.0. The first kappa shape index (κ1) is 132. The number of nitrogens with two attached hydrogens (primary N) is 1. The molecule has 5 atom stereocenters. The quantitative estimate of drug-likeness (QED) is 0.00180. The summed E-state index contributed by atoms with van der Waals surface area (Å²) in [5, 5.41) is 90.1. The fraction of sp³-hybridized carbons (Fsp3) is 0.530. The molecule has 0 amide bonds. The van der Waals surface area contributed by atoms with Gasteiger partial charge in [-0.15, -0.1) is 18.0 Å². The van der Waals surface area contributed by atoms with Crippen molar-refractivity contribution in [2.45, 2.75) is 258 Å². The molecule has 0 bridgehead atoms. The molecule has 117 heavy (non-hydrogen) atoms. The van der Waals surface area contributed by atoms with E-state index in [2.05, 4.69) is 106 Å². The van der Waals surface area contributed by atoms with Gasteiger partial charge in [0.25, 0.3) is 6.47 Å². The van der Waals surface area contributed by atoms with E-state index in [9.17, 15) is 81.2 Å². The Morgan fingerprint density at radius 1 is 0.573 bits per heavy atom. The van der Waals surface area contributed by atoms with Crippen LogP contribution in [-0.4, -0.2) is 145 Å². The maximum Gasteiger partial charge on any atom is 1.00 e. The third-order valence-corrected chi connectivity index (χ3v) is 16.7. The van der Waals surface area contributed by atoms with Gasteiger partial charge in [-0.2, -0.15) is 26.3 Å². The number of hydrogen-bond donors (Lipinski definition) is 9. The molecule has 0 spiro atoms. The van der Waals surface area contributed by atoms with Gasteiger partial charge in [-0.05, 0) is 177 Å². The number of aliphatic hydroxyl groups excluding tert-OH is 5. The van der Waals surface area contributed by atoms with Crippen LogP contribution in [0, 0.1) is 36.0 Å². The third kappa shape index (κ3) is 74.5. The predicted molar refractivity (Wildman–Crippen MR) is 451 cm³/mol. The van der Waals surface area contributed by atoms with Gasteiger partial charge in [0.2, 0.25) is 11.6 Å². The van der Waals surface area contributed by atoms with E-state index in [0.717, 1.165) is 92.6 Å². The molecule has 0 aliphatic rings. The molecule has 0 aliphatic heterocycles. The number of azide groups is 1. The standard InChI is InChI=1S/C21H27F3O3.C18H27NO2.C12H12BrF3O2.C9H10BrClO.C9H10BrN3O.C9H16O.CH3F.CH2O3.3CH4.2K.N3.Na.H/c1-3-11-20(27,12-4-2)13-10-16-6-5-7-17(14-16)15-18(25)8-9-19(26)21(22,23)24;1-3-9-18(21,10-4-2)11-8-15-6-5-7-16(12-15)13-17(20)14-19;13-9-3-1-2-8(6-9)7-10(17)4-5-11(18)12(14,15)16;10-8-3-1-2-7(4-8)5-9(12)6-11;10-8-3-1-2-7(4-8)5-9(14)6-12-13-11;1-4-7-9(10,6-3)8-5-2;1-2;2-1-4-3;;;;;;1-3-2;;/h5-7,14,18,25,27H,3-4,8-9,11-12,15H2,1-2H3;5-7,12,17,20-21H,3-4,9-10,13-14,19H2,1-2H3;1-3,6,10,17H,4-5,7H2;1-4,9,12H,5-6H2;1-4,9,14H,5-6H2;3,10H,4-5,7-8H2,1-2H3;1H3;1,3H;3*1H4;;;;;/q;;;;;;;;;;;2*+1;-1;+1;-1/p-1/i;;;;;;1D;;;;;;;;;. The number of terminal acetylenes is 1. The number of carbonyl (C=O) groups excluding carboxylic acids is 3. The number of carbonyl (C=O) groups is 3. The van der Waals surface area contributed by atoms with Crippen LogP contribution in [0.25, 0.3) is 26.4 Å². The minimum atomic E-state index is -4.86. The molecule has 0 saturated heterocycles. The van der Waals surface area contributed by atoms with Gasteiger partial charge in [0.1, 0.15) is 16.8 Å². The van der Waals surface area contributed by atoms with Crippen molar-refractivity contribution in [3.63, 3.8) is 0 Å². The molecule has 644 valence electrons. The zero-order valence-electron chi connectivity index (χ0n) is 68.3. The average Bonchev–Trinajstić information content (AvgIpc) is 0.873. The van der Waals surface area contributed by atoms with Gasteiger partial charge in [-0.3, -0.25) is 23.7 Å². The fourth-order valence-corrected chi connectivity index (χ4v) is 11.4. The van der Waals surface area contributed by atoms with Crippen molar-refractivity contribution < 1.29 is 231 Å². The molecule has 10 N–H and O–H groups in total. The number of aliphatic hydroxyl groups is 8. The van der Waals surface area contributed by atoms with E-state index in [0.29, 0.717) is 56.1 Å². The van der Waals surface area contributed by atoms with Crippen LogP contribution < -0.4 is 143 Å². The monoisotopic (exact) mass is 1930 g/mol. The Morgan fingerprint density at radius 3 is 1.09 bits per heavy atom. The van der Waals surface area contributed by atoms with Crippen molar-refractivity contribution in [3.05, 3.63) is 200 Å². The van der Waals surface area contributed by atoms with E-state index in [1.807, 2.05) is 107 Å². The van der Waals surface area contributed by atoms with Gasteiger partial charge >= 0.3 is 145 Å². The molecule has 0 fully saturated rings. The van der Waals surface area contributed by atoms with Crippen molar-refractivity contribution in [1.29, 1.82) is 0 Å². The molecular weight excluding hydrogens is 1810 g/mol. The summed E-state index contributed by atoms with van der Waals surface area (Å²) in [4.78, 5) is 36.9. The summed E-state index contributed by atoms with van der Waals surface area (Å²) in [5.41, 5.74) is 30.4. The summed E-state index contributed by atoms with van der Waals surface area (Å²) in [6, 6.07) is 37.4. The Morgan fingerprint density at radius 2 is 0.838 bits per heavy atom. The van der Waals surface area contributed by atoms with Crippen molar-refractivity contribution in [2.75, 3.05) is 26.1 Å². The Bertz CT molecular complexity index is 3660. The molecule has 20 nitrogen and oxygen atoms in total. The summed E-state index contributed by atoms with van der Waals surface area (Å²) in [7, 11) is -1.00. The summed E-state index contributed by atoms with van der Waals surface area (Å²) >= 11 is 15.4. The number of halogens is 11. The summed E-state index contributed by atoms with van der Waals surface area (Å²) < 4.78 is 90.8. The van der Waals surface area contributed by atoms with E-state index < -0.39 is 91.2 Å². The van der Waals surface area contributed by atoms with Crippen LogP contribution in [0.3, 0.4) is 0 Å². The zero-order chi connectivity index (χ0) is 86.2. The molecule has 5 aromatic rings. The number of rotatable bonds is 33. The molecule has 5 unspecified atom stereocenters. The van der Waals surface area contributed by atoms with Crippen LogP contribution >= 0.6 is 59.4 Å². The van der Waals surface area contributed by atoms with E-state index in [1.165, 1.54) is 4.91 Å². The Kier molecular flexibility index (Phi) is 92.4. The minimum Gasteiger partial charge on any atom is -1.00 e. The van der Waals surface area contributed by atoms with Crippen molar-refractivity contribution in [1.82, 2.24) is 0 Å². The minimum absolute atomic E-state index is 0. The average molecular weight is 1930 g/mol. The smallest absolute Gasteiger partial charge is 1.00 e. The van der Waals surface area contributed by atoms with Gasteiger partial charge in [-0.25, -0.2) is 0 Å². The maximum absolute atomic E-state index is 12.2. The van der Waals surface area contributed by atoms with Crippen molar-refractivity contribution >= 4 is 77.4 Å². The largest absolute Gasteiger partial charge is 1.00 e. The molecule has 0 saturated carbocycles. The number of nitrogens with zero attached hydrogens (tertiary/aromatic N) is 6. The van der Waals surface area contributed by atoms with Crippen LogP contribution in [0.15, 0.2) is 140 Å². The Labute approximate surface area is 829 Å². The number of alkyl halides is 8. The summed E-state index contributed by atoms with van der Waals surface area (Å²) in [6.45, 7) is 12.3. The summed E-state index contributed by atoms with van der Waals surface area (Å²) in [5.74, 6) is 11.1. The first-order chi connectivity index (χ1) is 52.8. The van der Waals surface area contributed by atoms with Crippen LogP contribution in [0.2, 0.25) is 0 Å². The molecule has 0 aliphatic carbocycles. The van der Waals surface area contributed by atoms with E-state index >= 15 is 0 Å². The van der Waals surface area contributed by atoms with E-state index in [-0.39, 0.29) is 207 Å². The van der Waals surface area contributed by atoms with E-state index in [4.69, 9.17) is 51.8 Å². The number of ketones is 2. The van der Waals surface area contributed by atoms with Gasteiger partial charge in [0.05, 0.1) is 45.6 Å². The van der Waals surface area contributed by atoms with Crippen molar-refractivity contribution in [2.24, 2.45) is 10.8 Å². The zero-order valence-corrected chi connectivity index (χ0v) is 80.1. The normalized spacial score (nSPS) is 11.4. The van der Waals surface area contributed by atoms with Crippen LogP contribution in [-0.2, 0) is 51.4 Å². The Hall–Kier alpha value is -2.68. The molecule has 0 heterocycles. The molecular formula is C83H119Br3ClF7K2N7NaO13.